The number of H-pyrrole nitrogens is 2. The summed E-state index contributed by atoms with van der Waals surface area (Å²) in [4.78, 5) is 59.5. The van der Waals surface area contributed by atoms with Gasteiger partial charge in [0.2, 0.25) is 5.91 Å². The maximum atomic E-state index is 13.9. The van der Waals surface area contributed by atoms with Crippen molar-refractivity contribution in [1.29, 1.82) is 0 Å². The van der Waals surface area contributed by atoms with Crippen LogP contribution in [0.25, 0.3) is 44.2 Å². The Bertz CT molecular complexity index is 2720. The van der Waals surface area contributed by atoms with Crippen molar-refractivity contribution in [3.05, 3.63) is 102 Å². The highest BCUT2D eigenvalue weighted by molar-refractivity contribution is 6.07. The molecule has 16 nitrogen and oxygen atoms in total. The number of carbonyl (C=O) groups excluding carboxylic acids is 3. The molecule has 16 heteroatoms. The standard InChI is InChI=1S/C49H56N8O8/c1-26(2)41(54-48(60)63-5)47(59)57-27(3)12-17-38(57)44-50-22-37(52-44)31-13-15-33-32(19-31)25-65-40-21-34-30(20-35(33)40)14-16-36-43(34)53-45(51-36)39-18-28(24-62-4)23-56(39)46(58)42(55-49(61)64-6)29-10-8-7-9-11-29/h7-11,13-16,19-22,26-28,38-39,41-42,46,58H,12,17-18,23-25H2,1-6H3,(H,50,52)(H,51,53)(H,54,60)(H,55,61)/t27-,28-,38-,39-,41-,42+,46?/m0/s1. The summed E-state index contributed by atoms with van der Waals surface area (Å²) in [6.07, 6.45) is 1.77. The lowest BCUT2D eigenvalue weighted by atomic mass is 9.92. The number of likely N-dealkylation sites (tertiary alicyclic amines) is 2. The van der Waals surface area contributed by atoms with E-state index in [1.165, 1.54) is 14.2 Å². The lowest BCUT2D eigenvalue weighted by Gasteiger charge is -2.34. The van der Waals surface area contributed by atoms with Crippen LogP contribution in [0.1, 0.15) is 80.9 Å². The summed E-state index contributed by atoms with van der Waals surface area (Å²) in [5.74, 6) is 2.02. The molecule has 3 aliphatic rings. The van der Waals surface area contributed by atoms with E-state index >= 15 is 0 Å². The van der Waals surface area contributed by atoms with Crippen LogP contribution in [-0.4, -0.2) is 106 Å². The van der Waals surface area contributed by atoms with Crippen molar-refractivity contribution in [3.63, 3.8) is 0 Å². The second kappa shape index (κ2) is 18.2. The summed E-state index contributed by atoms with van der Waals surface area (Å²) in [6, 6.07) is 21.9. The molecule has 2 saturated heterocycles. The number of aromatic nitrogens is 4. The number of aliphatic hydroxyl groups is 1. The number of rotatable bonds is 12. The molecule has 0 bridgehead atoms. The van der Waals surface area contributed by atoms with Gasteiger partial charge in [-0.25, -0.2) is 19.6 Å². The predicted octanol–water partition coefficient (Wildman–Crippen LogP) is 7.52. The molecule has 0 radical (unpaired) electrons. The summed E-state index contributed by atoms with van der Waals surface area (Å²) in [5, 5.41) is 19.6. The highest BCUT2D eigenvalue weighted by Crippen LogP contribution is 2.44. The van der Waals surface area contributed by atoms with Gasteiger partial charge in [-0.1, -0.05) is 62.4 Å². The van der Waals surface area contributed by atoms with Crippen LogP contribution in [0.2, 0.25) is 0 Å². The maximum Gasteiger partial charge on any atom is 0.407 e. The lowest BCUT2D eigenvalue weighted by Crippen LogP contribution is -2.52. The first-order valence-electron chi connectivity index (χ1n) is 22.2. The van der Waals surface area contributed by atoms with Crippen LogP contribution in [-0.2, 0) is 25.6 Å². The highest BCUT2D eigenvalue weighted by atomic mass is 16.5. The number of nitrogens with one attached hydrogen (secondary N) is 4. The third-order valence-corrected chi connectivity index (χ3v) is 13.3. The van der Waals surface area contributed by atoms with E-state index in [0.29, 0.717) is 37.8 Å². The Balaban J connectivity index is 0.980. The third-order valence-electron chi connectivity index (χ3n) is 13.3. The highest BCUT2D eigenvalue weighted by Gasteiger charge is 2.43. The van der Waals surface area contributed by atoms with Gasteiger partial charge in [0.25, 0.3) is 0 Å². The summed E-state index contributed by atoms with van der Waals surface area (Å²) in [7, 11) is 4.28. The number of benzene rings is 4. The molecular formula is C49H56N8O8. The first kappa shape index (κ1) is 43.7. The van der Waals surface area contributed by atoms with Crippen LogP contribution in [0.15, 0.2) is 79.0 Å². The van der Waals surface area contributed by atoms with E-state index in [1.807, 2.05) is 73.2 Å². The van der Waals surface area contributed by atoms with E-state index in [9.17, 15) is 19.5 Å². The van der Waals surface area contributed by atoms with Gasteiger partial charge in [0.15, 0.2) is 0 Å². The molecule has 6 aromatic rings. The predicted molar refractivity (Wildman–Crippen MR) is 244 cm³/mol. The number of hydrogen-bond donors (Lipinski definition) is 5. The average Bonchev–Trinajstić information content (AvgIpc) is 4.15. The van der Waals surface area contributed by atoms with Crippen molar-refractivity contribution in [2.45, 2.75) is 83.1 Å². The van der Waals surface area contributed by atoms with E-state index in [0.717, 1.165) is 73.9 Å². The molecule has 0 saturated carbocycles. The van der Waals surface area contributed by atoms with Crippen LogP contribution in [0.5, 0.6) is 5.75 Å². The van der Waals surface area contributed by atoms with Crippen molar-refractivity contribution in [2.24, 2.45) is 11.8 Å². The minimum absolute atomic E-state index is 0.0211. The Labute approximate surface area is 377 Å². The molecule has 2 fully saturated rings. The summed E-state index contributed by atoms with van der Waals surface area (Å²) >= 11 is 0. The van der Waals surface area contributed by atoms with E-state index in [1.54, 1.807) is 7.11 Å². The zero-order valence-electron chi connectivity index (χ0n) is 37.5. The number of nitrogens with zero attached hydrogens (tertiary/aromatic N) is 4. The fourth-order valence-electron chi connectivity index (χ4n) is 10.0. The smallest absolute Gasteiger partial charge is 0.407 e. The SMILES string of the molecule is COC[C@H]1C[C@@H](c2nc3ccc4cc5c(cc4c3[nH]2)OCc2cc(-c3c[nH]c([C@@H]4CC[C@H](C)N4C(=O)[C@@H](NC(=O)OC)C(C)C)n3)ccc2-5)N(C(O)[C@H](NC(=O)OC)c2ccccc2)C1. The molecule has 4 aromatic carbocycles. The molecular weight excluding hydrogens is 829 g/mol. The molecule has 2 aromatic heterocycles. The van der Waals surface area contributed by atoms with Gasteiger partial charge < -0.3 is 49.6 Å². The summed E-state index contributed by atoms with van der Waals surface area (Å²) in [5.41, 5.74) is 7.19. The Morgan fingerprint density at radius 2 is 1.69 bits per heavy atom. The topological polar surface area (TPSA) is 196 Å². The Morgan fingerprint density at radius 3 is 2.45 bits per heavy atom. The third kappa shape index (κ3) is 8.37. The molecule has 3 aliphatic heterocycles. The van der Waals surface area contributed by atoms with Crippen molar-refractivity contribution in [3.8, 4) is 28.1 Å². The number of fused-ring (bicyclic) bond motifs is 6. The van der Waals surface area contributed by atoms with E-state index in [-0.39, 0.29) is 35.9 Å². The van der Waals surface area contributed by atoms with Crippen molar-refractivity contribution in [1.82, 2.24) is 40.4 Å². The van der Waals surface area contributed by atoms with E-state index in [4.69, 9.17) is 28.9 Å². The number of ether oxygens (including phenoxy) is 4. The van der Waals surface area contributed by atoms with Crippen LogP contribution < -0.4 is 15.4 Å². The summed E-state index contributed by atoms with van der Waals surface area (Å²) < 4.78 is 21.8. The average molecular weight is 885 g/mol. The number of imidazole rings is 2. The molecule has 7 atom stereocenters. The molecule has 3 amide bonds. The van der Waals surface area contributed by atoms with Gasteiger partial charge in [-0.2, -0.15) is 0 Å². The second-order valence-electron chi connectivity index (χ2n) is 17.7. The van der Waals surface area contributed by atoms with Gasteiger partial charge in [0.05, 0.1) is 55.7 Å². The molecule has 1 unspecified atom stereocenters. The quantitative estimate of drug-likeness (QED) is 0.0815. The van der Waals surface area contributed by atoms with Crippen molar-refractivity contribution >= 4 is 39.9 Å². The first-order valence-corrected chi connectivity index (χ1v) is 22.2. The maximum absolute atomic E-state index is 13.9. The number of alkyl carbamates (subject to hydrolysis) is 2. The monoisotopic (exact) mass is 884 g/mol. The number of carbonyl (C=O) groups is 3. The molecule has 65 heavy (non-hydrogen) atoms. The molecule has 340 valence electrons. The largest absolute Gasteiger partial charge is 0.488 e. The fraction of sp³-hybridized carbons (Fsp3) is 0.408. The van der Waals surface area contributed by atoms with Gasteiger partial charge in [0, 0.05) is 42.4 Å². The number of hydrogen-bond acceptors (Lipinski definition) is 11. The number of aliphatic hydroxyl groups excluding tert-OH is 1. The minimum atomic E-state index is -1.10. The molecule has 5 N–H and O–H groups in total. The Kier molecular flexibility index (Phi) is 12.2. The number of aromatic amines is 2. The Morgan fingerprint density at radius 1 is 0.908 bits per heavy atom. The lowest BCUT2D eigenvalue weighted by molar-refractivity contribution is -0.137. The van der Waals surface area contributed by atoms with Gasteiger partial charge in [0.1, 0.15) is 36.3 Å². The molecule has 0 aliphatic carbocycles. The molecule has 9 rings (SSSR count). The second-order valence-corrected chi connectivity index (χ2v) is 17.7. The van der Waals surface area contributed by atoms with Gasteiger partial charge in [-0.05, 0) is 84.4 Å². The fourth-order valence-corrected chi connectivity index (χ4v) is 10.0. The molecule has 0 spiro atoms. The Hall–Kier alpha value is -6.49. The van der Waals surface area contributed by atoms with Crippen molar-refractivity contribution < 1.29 is 38.4 Å². The first-order chi connectivity index (χ1) is 31.5. The van der Waals surface area contributed by atoms with Crippen LogP contribution in [0.3, 0.4) is 0 Å². The molecule has 5 heterocycles. The van der Waals surface area contributed by atoms with E-state index in [2.05, 4.69) is 57.0 Å². The van der Waals surface area contributed by atoms with Crippen LogP contribution in [0.4, 0.5) is 9.59 Å². The minimum Gasteiger partial charge on any atom is -0.488 e. The van der Waals surface area contributed by atoms with Crippen molar-refractivity contribution in [2.75, 3.05) is 34.5 Å². The number of methoxy groups -OCH3 is 3. The zero-order chi connectivity index (χ0) is 45.5. The van der Waals surface area contributed by atoms with E-state index < -0.39 is 30.5 Å². The van der Waals surface area contributed by atoms with Crippen LogP contribution >= 0.6 is 0 Å². The van der Waals surface area contributed by atoms with Gasteiger partial charge in [-0.3, -0.25) is 9.69 Å². The normalized spacial score (nSPS) is 20.8. The van der Waals surface area contributed by atoms with Gasteiger partial charge >= 0.3 is 12.2 Å². The van der Waals surface area contributed by atoms with Gasteiger partial charge in [-0.15, -0.1) is 0 Å². The number of amides is 3. The zero-order valence-corrected chi connectivity index (χ0v) is 37.5. The summed E-state index contributed by atoms with van der Waals surface area (Å²) in [6.45, 7) is 7.25. The van der Waals surface area contributed by atoms with Crippen LogP contribution in [0, 0.1) is 11.8 Å².